The predicted molar refractivity (Wildman–Crippen MR) is 75.5 cm³/mol. The van der Waals surface area contributed by atoms with Crippen molar-refractivity contribution in [3.63, 3.8) is 0 Å². The van der Waals surface area contributed by atoms with Gasteiger partial charge in [-0.25, -0.2) is 14.4 Å². The average molecular weight is 280 g/mol. The molecular weight excluding hydrogens is 265 g/mol. The lowest BCUT2D eigenvalue weighted by molar-refractivity contribution is 0.627. The molecule has 1 aromatic heterocycles. The number of anilines is 2. The maximum absolute atomic E-state index is 13.1. The van der Waals surface area contributed by atoms with Crippen molar-refractivity contribution >= 4 is 23.1 Å². The summed E-state index contributed by atoms with van der Waals surface area (Å²) in [5.74, 6) is 0.425. The van der Waals surface area contributed by atoms with Gasteiger partial charge in [-0.15, -0.1) is 0 Å². The molecule has 0 aliphatic carbocycles. The van der Waals surface area contributed by atoms with E-state index in [1.165, 1.54) is 18.5 Å². The topological polar surface area (TPSA) is 37.8 Å². The van der Waals surface area contributed by atoms with Gasteiger partial charge in [0.05, 0.1) is 0 Å². The van der Waals surface area contributed by atoms with Gasteiger partial charge < -0.3 is 5.32 Å². The summed E-state index contributed by atoms with van der Waals surface area (Å²) in [6.45, 7) is 3.91. The minimum atomic E-state index is -0.252. The van der Waals surface area contributed by atoms with Crippen molar-refractivity contribution in [3.05, 3.63) is 46.6 Å². The molecule has 0 aliphatic heterocycles. The Bertz CT molecular complexity index is 587. The number of halogens is 2. The fourth-order valence-corrected chi connectivity index (χ4v) is 2.09. The molecule has 0 amide bonds. The Morgan fingerprint density at radius 3 is 2.79 bits per heavy atom. The Labute approximate surface area is 116 Å². The van der Waals surface area contributed by atoms with Gasteiger partial charge in [0.2, 0.25) is 0 Å². The summed E-state index contributed by atoms with van der Waals surface area (Å²) in [4.78, 5) is 8.21. The van der Waals surface area contributed by atoms with Crippen molar-refractivity contribution in [2.24, 2.45) is 0 Å². The van der Waals surface area contributed by atoms with Crippen LogP contribution < -0.4 is 5.32 Å². The average Bonchev–Trinajstić information content (AvgIpc) is 2.37. The third-order valence-corrected chi connectivity index (χ3v) is 3.16. The van der Waals surface area contributed by atoms with Gasteiger partial charge in [-0.2, -0.15) is 0 Å². The summed E-state index contributed by atoms with van der Waals surface area (Å²) in [6.07, 6.45) is 3.16. The van der Waals surface area contributed by atoms with Crippen LogP contribution in [0.4, 0.5) is 15.9 Å². The molecule has 0 fully saturated rings. The zero-order valence-electron chi connectivity index (χ0n) is 10.9. The van der Waals surface area contributed by atoms with Crippen LogP contribution in [0.25, 0.3) is 0 Å². The van der Waals surface area contributed by atoms with Crippen LogP contribution in [-0.2, 0) is 6.42 Å². The van der Waals surface area contributed by atoms with E-state index in [9.17, 15) is 4.39 Å². The normalized spacial score (nSPS) is 10.5. The lowest BCUT2D eigenvalue weighted by atomic mass is 10.1. The third-order valence-electron chi connectivity index (χ3n) is 2.83. The molecule has 1 N–H and O–H groups in total. The van der Waals surface area contributed by atoms with Gasteiger partial charge in [0, 0.05) is 11.3 Å². The molecule has 0 aliphatic rings. The second-order valence-corrected chi connectivity index (χ2v) is 4.68. The van der Waals surface area contributed by atoms with E-state index in [2.05, 4.69) is 22.2 Å². The van der Waals surface area contributed by atoms with Gasteiger partial charge in [-0.3, -0.25) is 0 Å². The van der Waals surface area contributed by atoms with Crippen LogP contribution in [0.3, 0.4) is 0 Å². The Balaban J connectivity index is 2.35. The second kappa shape index (κ2) is 5.97. The highest BCUT2D eigenvalue weighted by atomic mass is 35.5. The first-order valence-corrected chi connectivity index (χ1v) is 6.52. The molecule has 5 heteroatoms. The fraction of sp³-hybridized carbons (Fsp3) is 0.286. The number of hydrogen-bond acceptors (Lipinski definition) is 3. The van der Waals surface area contributed by atoms with E-state index in [0.29, 0.717) is 11.0 Å². The standard InChI is InChI=1S/C14H15ClFN3/c1-3-4-11-13(15)17-8-18-14(11)19-12-6-5-10(16)7-9(12)2/h5-8H,3-4H2,1-2H3,(H,17,18,19). The molecule has 3 nitrogen and oxygen atoms in total. The van der Waals surface area contributed by atoms with Crippen molar-refractivity contribution in [1.29, 1.82) is 0 Å². The van der Waals surface area contributed by atoms with E-state index in [-0.39, 0.29) is 5.82 Å². The smallest absolute Gasteiger partial charge is 0.138 e. The third kappa shape index (κ3) is 3.20. The number of rotatable bonds is 4. The molecule has 1 aromatic carbocycles. The quantitative estimate of drug-likeness (QED) is 0.849. The Hall–Kier alpha value is -1.68. The van der Waals surface area contributed by atoms with Crippen molar-refractivity contribution in [2.75, 3.05) is 5.32 Å². The fourth-order valence-electron chi connectivity index (χ4n) is 1.86. The lowest BCUT2D eigenvalue weighted by Crippen LogP contribution is -2.02. The number of aromatic nitrogens is 2. The maximum atomic E-state index is 13.1. The van der Waals surface area contributed by atoms with Crippen LogP contribution >= 0.6 is 11.6 Å². The van der Waals surface area contributed by atoms with Crippen LogP contribution in [0.2, 0.25) is 5.15 Å². The number of hydrogen-bond donors (Lipinski definition) is 1. The summed E-state index contributed by atoms with van der Waals surface area (Å²) in [7, 11) is 0. The summed E-state index contributed by atoms with van der Waals surface area (Å²) in [5.41, 5.74) is 2.51. The molecule has 2 rings (SSSR count). The molecule has 0 saturated heterocycles. The number of aryl methyl sites for hydroxylation is 1. The highest BCUT2D eigenvalue weighted by Crippen LogP contribution is 2.26. The molecule has 0 saturated carbocycles. The van der Waals surface area contributed by atoms with Gasteiger partial charge in [0.1, 0.15) is 23.1 Å². The molecule has 100 valence electrons. The highest BCUT2D eigenvalue weighted by molar-refractivity contribution is 6.30. The Kier molecular flexibility index (Phi) is 4.32. The van der Waals surface area contributed by atoms with E-state index in [1.807, 2.05) is 6.92 Å². The molecule has 0 bridgehead atoms. The lowest BCUT2D eigenvalue weighted by Gasteiger charge is -2.13. The molecule has 1 heterocycles. The van der Waals surface area contributed by atoms with Crippen LogP contribution in [0.5, 0.6) is 0 Å². The van der Waals surface area contributed by atoms with Gasteiger partial charge in [-0.1, -0.05) is 24.9 Å². The monoisotopic (exact) mass is 279 g/mol. The largest absolute Gasteiger partial charge is 0.340 e. The van der Waals surface area contributed by atoms with E-state index in [4.69, 9.17) is 11.6 Å². The SMILES string of the molecule is CCCc1c(Cl)ncnc1Nc1ccc(F)cc1C. The van der Waals surface area contributed by atoms with Gasteiger partial charge in [0.25, 0.3) is 0 Å². The Morgan fingerprint density at radius 2 is 2.11 bits per heavy atom. The van der Waals surface area contributed by atoms with Gasteiger partial charge in [-0.05, 0) is 37.1 Å². The van der Waals surface area contributed by atoms with Gasteiger partial charge >= 0.3 is 0 Å². The molecule has 0 atom stereocenters. The molecule has 0 unspecified atom stereocenters. The maximum Gasteiger partial charge on any atom is 0.138 e. The van der Waals surface area contributed by atoms with Crippen molar-refractivity contribution in [1.82, 2.24) is 9.97 Å². The van der Waals surface area contributed by atoms with Crippen LogP contribution in [0.1, 0.15) is 24.5 Å². The minimum Gasteiger partial charge on any atom is -0.340 e. The van der Waals surface area contributed by atoms with E-state index in [1.54, 1.807) is 6.07 Å². The second-order valence-electron chi connectivity index (χ2n) is 4.33. The van der Waals surface area contributed by atoms with Crippen molar-refractivity contribution in [2.45, 2.75) is 26.7 Å². The van der Waals surface area contributed by atoms with Crippen LogP contribution in [0.15, 0.2) is 24.5 Å². The number of nitrogens with zero attached hydrogens (tertiary/aromatic N) is 2. The van der Waals surface area contributed by atoms with Crippen molar-refractivity contribution < 1.29 is 4.39 Å². The summed E-state index contributed by atoms with van der Waals surface area (Å²) < 4.78 is 13.1. The van der Waals surface area contributed by atoms with Crippen LogP contribution in [0, 0.1) is 12.7 Å². The van der Waals surface area contributed by atoms with E-state index >= 15 is 0 Å². The van der Waals surface area contributed by atoms with Crippen LogP contribution in [-0.4, -0.2) is 9.97 Å². The summed E-state index contributed by atoms with van der Waals surface area (Å²) >= 11 is 6.09. The first-order valence-electron chi connectivity index (χ1n) is 6.14. The first kappa shape index (κ1) is 13.7. The summed E-state index contributed by atoms with van der Waals surface area (Å²) in [5, 5.41) is 3.65. The minimum absolute atomic E-state index is 0.252. The van der Waals surface area contributed by atoms with Crippen molar-refractivity contribution in [3.8, 4) is 0 Å². The number of benzene rings is 1. The first-order chi connectivity index (χ1) is 9.11. The van der Waals surface area contributed by atoms with E-state index in [0.717, 1.165) is 29.7 Å². The molecule has 0 spiro atoms. The highest BCUT2D eigenvalue weighted by Gasteiger charge is 2.10. The Morgan fingerprint density at radius 1 is 1.32 bits per heavy atom. The molecule has 19 heavy (non-hydrogen) atoms. The molecule has 2 aromatic rings. The predicted octanol–water partition coefficient (Wildman–Crippen LogP) is 4.27. The zero-order chi connectivity index (χ0) is 13.8. The molecule has 0 radical (unpaired) electrons. The summed E-state index contributed by atoms with van der Waals surface area (Å²) in [6, 6.07) is 4.58. The molecular formula is C14H15ClFN3. The number of nitrogens with one attached hydrogen (secondary N) is 1. The van der Waals surface area contributed by atoms with E-state index < -0.39 is 0 Å². The zero-order valence-corrected chi connectivity index (χ0v) is 11.6. The van der Waals surface area contributed by atoms with Gasteiger partial charge in [0.15, 0.2) is 0 Å².